The van der Waals surface area contributed by atoms with Crippen LogP contribution in [-0.4, -0.2) is 63.9 Å². The highest BCUT2D eigenvalue weighted by Crippen LogP contribution is 2.14. The molecule has 1 aromatic carbocycles. The second kappa shape index (κ2) is 6.06. The molecule has 1 saturated heterocycles. The Balaban J connectivity index is 1.83. The molecular weight excluding hydrogens is 302 g/mol. The van der Waals surface area contributed by atoms with Gasteiger partial charge in [-0.3, -0.25) is 4.79 Å². The highest BCUT2D eigenvalue weighted by molar-refractivity contribution is 6.30. The quantitative estimate of drug-likeness (QED) is 0.844. The minimum atomic E-state index is -0.0502. The van der Waals surface area contributed by atoms with Crippen LogP contribution < -0.4 is 0 Å². The molecule has 3 rings (SSSR count). The number of amides is 1. The van der Waals surface area contributed by atoms with Crippen LogP contribution >= 0.6 is 11.6 Å². The third-order valence-corrected chi connectivity index (χ3v) is 4.08. The number of nitrogens with zero attached hydrogens (tertiary/aromatic N) is 5. The number of hydrogen-bond donors (Lipinski definition) is 0. The molecule has 0 atom stereocenters. The molecule has 0 aliphatic carbocycles. The number of carbonyl (C=O) groups excluding carboxylic acids is 1. The highest BCUT2D eigenvalue weighted by atomic mass is 35.5. The zero-order valence-electron chi connectivity index (χ0n) is 12.7. The van der Waals surface area contributed by atoms with E-state index in [1.54, 1.807) is 12.1 Å². The molecule has 1 aliphatic rings. The summed E-state index contributed by atoms with van der Waals surface area (Å²) in [6, 6.07) is 7.20. The Morgan fingerprint density at radius 2 is 1.73 bits per heavy atom. The number of carbonyl (C=O) groups is 1. The summed E-state index contributed by atoms with van der Waals surface area (Å²) in [6.07, 6.45) is 0. The third kappa shape index (κ3) is 2.98. The van der Waals surface area contributed by atoms with Crippen LogP contribution in [0.3, 0.4) is 0 Å². The maximum atomic E-state index is 12.6. The van der Waals surface area contributed by atoms with Crippen molar-refractivity contribution in [3.63, 3.8) is 0 Å². The van der Waals surface area contributed by atoms with E-state index >= 15 is 0 Å². The van der Waals surface area contributed by atoms with E-state index in [2.05, 4.69) is 22.1 Å². The Hall–Kier alpha value is -1.92. The van der Waals surface area contributed by atoms with E-state index < -0.39 is 0 Å². The highest BCUT2D eigenvalue weighted by Gasteiger charge is 2.25. The largest absolute Gasteiger partial charge is 0.335 e. The van der Waals surface area contributed by atoms with E-state index in [0.29, 0.717) is 16.4 Å². The van der Waals surface area contributed by atoms with Crippen molar-refractivity contribution in [1.82, 2.24) is 24.8 Å². The molecule has 1 fully saturated rings. The Labute approximate surface area is 134 Å². The second-order valence-electron chi connectivity index (χ2n) is 5.50. The van der Waals surface area contributed by atoms with Crippen LogP contribution in [0.4, 0.5) is 0 Å². The van der Waals surface area contributed by atoms with Crippen LogP contribution in [0.5, 0.6) is 0 Å². The van der Waals surface area contributed by atoms with E-state index in [1.807, 2.05) is 24.0 Å². The van der Waals surface area contributed by atoms with Crippen LogP contribution in [0.2, 0.25) is 5.02 Å². The van der Waals surface area contributed by atoms with Crippen molar-refractivity contribution in [3.8, 4) is 5.69 Å². The normalized spacial score (nSPS) is 16.0. The fourth-order valence-electron chi connectivity index (χ4n) is 2.43. The Morgan fingerprint density at radius 1 is 1.09 bits per heavy atom. The van der Waals surface area contributed by atoms with E-state index in [9.17, 15) is 4.79 Å². The van der Waals surface area contributed by atoms with Crippen LogP contribution in [-0.2, 0) is 0 Å². The summed E-state index contributed by atoms with van der Waals surface area (Å²) in [5, 5.41) is 9.36. The molecule has 0 spiro atoms. The number of aromatic nitrogens is 3. The van der Waals surface area contributed by atoms with Gasteiger partial charge in [-0.25, -0.2) is 0 Å². The summed E-state index contributed by atoms with van der Waals surface area (Å²) in [5.41, 5.74) is 1.84. The van der Waals surface area contributed by atoms with Crippen molar-refractivity contribution in [1.29, 1.82) is 0 Å². The lowest BCUT2D eigenvalue weighted by molar-refractivity contribution is 0.0657. The number of halogens is 1. The van der Waals surface area contributed by atoms with Gasteiger partial charge >= 0.3 is 0 Å². The number of aryl methyl sites for hydroxylation is 1. The Kier molecular flexibility index (Phi) is 4.13. The van der Waals surface area contributed by atoms with Gasteiger partial charge in [0.25, 0.3) is 5.91 Å². The number of likely N-dealkylation sites (N-methyl/N-ethyl adjacent to an activating group) is 1. The fraction of sp³-hybridized carbons (Fsp3) is 0.400. The van der Waals surface area contributed by atoms with Crippen LogP contribution in [0.1, 0.15) is 16.2 Å². The van der Waals surface area contributed by atoms with Gasteiger partial charge in [-0.1, -0.05) is 11.6 Å². The summed E-state index contributed by atoms with van der Waals surface area (Å²) in [6.45, 7) is 5.03. The van der Waals surface area contributed by atoms with Crippen molar-refractivity contribution < 1.29 is 4.79 Å². The van der Waals surface area contributed by atoms with Crippen LogP contribution in [0.15, 0.2) is 24.3 Å². The zero-order valence-corrected chi connectivity index (χ0v) is 13.4. The average molecular weight is 320 g/mol. The SMILES string of the molecule is Cc1nn(-c2ccc(Cl)cc2)nc1C(=O)N1CCN(C)CC1. The van der Waals surface area contributed by atoms with Gasteiger partial charge in [-0.05, 0) is 38.2 Å². The summed E-state index contributed by atoms with van der Waals surface area (Å²) in [4.78, 5) is 18.1. The molecular formula is C15H18ClN5O. The molecule has 22 heavy (non-hydrogen) atoms. The van der Waals surface area contributed by atoms with Crippen molar-refractivity contribution >= 4 is 17.5 Å². The molecule has 7 heteroatoms. The van der Waals surface area contributed by atoms with E-state index in [-0.39, 0.29) is 5.91 Å². The van der Waals surface area contributed by atoms with Gasteiger partial charge in [0.15, 0.2) is 5.69 Å². The Bertz CT molecular complexity index is 674. The van der Waals surface area contributed by atoms with Crippen LogP contribution in [0.25, 0.3) is 5.69 Å². The molecule has 0 radical (unpaired) electrons. The summed E-state index contributed by atoms with van der Waals surface area (Å²) < 4.78 is 0. The standard InChI is InChI=1S/C15H18ClN5O/c1-11-14(15(22)20-9-7-19(2)8-10-20)18-21(17-11)13-5-3-12(16)4-6-13/h3-6H,7-10H2,1-2H3. The number of hydrogen-bond acceptors (Lipinski definition) is 4. The molecule has 1 aromatic heterocycles. The second-order valence-corrected chi connectivity index (χ2v) is 5.93. The minimum absolute atomic E-state index is 0.0502. The number of piperazine rings is 1. The Morgan fingerprint density at radius 3 is 2.36 bits per heavy atom. The summed E-state index contributed by atoms with van der Waals surface area (Å²) in [7, 11) is 2.06. The van der Waals surface area contributed by atoms with Crippen LogP contribution in [0, 0.1) is 6.92 Å². The van der Waals surface area contributed by atoms with Gasteiger partial charge in [0.2, 0.25) is 0 Å². The van der Waals surface area contributed by atoms with Gasteiger partial charge in [-0.2, -0.15) is 9.90 Å². The first kappa shape index (κ1) is 15.0. The molecule has 0 N–H and O–H groups in total. The first-order valence-electron chi connectivity index (χ1n) is 7.22. The van der Waals surface area contributed by atoms with Crippen molar-refractivity contribution in [2.45, 2.75) is 6.92 Å². The van der Waals surface area contributed by atoms with Crippen molar-refractivity contribution in [2.24, 2.45) is 0 Å². The summed E-state index contributed by atoms with van der Waals surface area (Å²) in [5.74, 6) is -0.0502. The minimum Gasteiger partial charge on any atom is -0.335 e. The predicted octanol–water partition coefficient (Wildman–Crippen LogP) is 1.62. The lowest BCUT2D eigenvalue weighted by atomic mass is 10.2. The monoisotopic (exact) mass is 319 g/mol. The van der Waals surface area contributed by atoms with Gasteiger partial charge < -0.3 is 9.80 Å². The molecule has 2 aromatic rings. The topological polar surface area (TPSA) is 54.3 Å². The molecule has 6 nitrogen and oxygen atoms in total. The lowest BCUT2D eigenvalue weighted by Crippen LogP contribution is -2.47. The average Bonchev–Trinajstić information content (AvgIpc) is 2.90. The smallest absolute Gasteiger partial charge is 0.276 e. The van der Waals surface area contributed by atoms with Gasteiger partial charge in [-0.15, -0.1) is 5.10 Å². The number of benzene rings is 1. The van der Waals surface area contributed by atoms with Crippen molar-refractivity contribution in [3.05, 3.63) is 40.7 Å². The predicted molar refractivity (Wildman–Crippen MR) is 84.5 cm³/mol. The van der Waals surface area contributed by atoms with Crippen molar-refractivity contribution in [2.75, 3.05) is 33.2 Å². The van der Waals surface area contributed by atoms with E-state index in [0.717, 1.165) is 31.9 Å². The molecule has 0 unspecified atom stereocenters. The zero-order chi connectivity index (χ0) is 15.7. The lowest BCUT2D eigenvalue weighted by Gasteiger charge is -2.31. The molecule has 0 saturated carbocycles. The van der Waals surface area contributed by atoms with E-state index in [4.69, 9.17) is 11.6 Å². The number of rotatable bonds is 2. The molecule has 0 bridgehead atoms. The van der Waals surface area contributed by atoms with Gasteiger partial charge in [0.05, 0.1) is 11.4 Å². The molecule has 1 amide bonds. The molecule has 2 heterocycles. The van der Waals surface area contributed by atoms with E-state index in [1.165, 1.54) is 4.80 Å². The first-order valence-corrected chi connectivity index (χ1v) is 7.60. The van der Waals surface area contributed by atoms with Gasteiger partial charge in [0, 0.05) is 31.2 Å². The maximum absolute atomic E-state index is 12.6. The summed E-state index contributed by atoms with van der Waals surface area (Å²) >= 11 is 5.88. The third-order valence-electron chi connectivity index (χ3n) is 3.83. The van der Waals surface area contributed by atoms with Gasteiger partial charge in [0.1, 0.15) is 0 Å². The molecule has 1 aliphatic heterocycles. The fourth-order valence-corrected chi connectivity index (χ4v) is 2.55. The first-order chi connectivity index (χ1) is 10.5. The molecule has 116 valence electrons. The maximum Gasteiger partial charge on any atom is 0.276 e.